The van der Waals surface area contributed by atoms with Crippen LogP contribution in [0.2, 0.25) is 0 Å². The van der Waals surface area contributed by atoms with Gasteiger partial charge in [-0.05, 0) is 25.3 Å². The highest BCUT2D eigenvalue weighted by Crippen LogP contribution is 2.40. The Hall–Kier alpha value is -2.18. The highest BCUT2D eigenvalue weighted by atomic mass is 19.1. The second-order valence-corrected chi connectivity index (χ2v) is 4.75. The van der Waals surface area contributed by atoms with Gasteiger partial charge in [0.1, 0.15) is 11.5 Å². The summed E-state index contributed by atoms with van der Waals surface area (Å²) in [6.07, 6.45) is 1.92. The van der Waals surface area contributed by atoms with Crippen molar-refractivity contribution >= 4 is 17.3 Å². The summed E-state index contributed by atoms with van der Waals surface area (Å²) in [6.45, 7) is 0. The molecule has 0 heterocycles. The first-order chi connectivity index (χ1) is 8.92. The van der Waals surface area contributed by atoms with Crippen LogP contribution in [0.15, 0.2) is 18.2 Å². The van der Waals surface area contributed by atoms with E-state index in [0.29, 0.717) is 12.8 Å². The molecule has 1 fully saturated rings. The number of nitro groups is 1. The van der Waals surface area contributed by atoms with Crippen molar-refractivity contribution in [2.24, 2.45) is 0 Å². The molecule has 1 aliphatic carbocycles. The summed E-state index contributed by atoms with van der Waals surface area (Å²) >= 11 is 0. The molecule has 7 heteroatoms. The number of nitrogens with zero attached hydrogens (tertiary/aromatic N) is 1. The minimum atomic E-state index is -0.980. The van der Waals surface area contributed by atoms with Crippen LogP contribution in [0.1, 0.15) is 25.7 Å². The maximum atomic E-state index is 13.2. The average molecular weight is 268 g/mol. The minimum Gasteiger partial charge on any atom is -0.481 e. The standard InChI is InChI=1S/C12H13FN2O4/c13-8-2-3-10(15(18)19)9(6-8)14-12(4-1-5-12)7-11(16)17/h2-3,6,14H,1,4-5,7H2,(H,16,17). The molecule has 1 aromatic carbocycles. The molecule has 0 amide bonds. The molecule has 102 valence electrons. The van der Waals surface area contributed by atoms with Crippen LogP contribution in [0.25, 0.3) is 0 Å². The summed E-state index contributed by atoms with van der Waals surface area (Å²) in [5.41, 5.74) is -0.922. The van der Waals surface area contributed by atoms with Crippen LogP contribution < -0.4 is 5.32 Å². The van der Waals surface area contributed by atoms with Gasteiger partial charge in [0.15, 0.2) is 0 Å². The highest BCUT2D eigenvalue weighted by Gasteiger charge is 2.40. The molecule has 2 N–H and O–H groups in total. The van der Waals surface area contributed by atoms with Crippen molar-refractivity contribution < 1.29 is 19.2 Å². The van der Waals surface area contributed by atoms with Crippen molar-refractivity contribution in [2.45, 2.75) is 31.2 Å². The molecular formula is C12H13FN2O4. The minimum absolute atomic E-state index is 0.0333. The molecule has 0 spiro atoms. The van der Waals surface area contributed by atoms with Gasteiger partial charge in [-0.2, -0.15) is 0 Å². The molecular weight excluding hydrogens is 255 g/mol. The number of carboxylic acids is 1. The number of rotatable bonds is 5. The van der Waals surface area contributed by atoms with E-state index in [2.05, 4.69) is 5.32 Å². The molecule has 0 radical (unpaired) electrons. The summed E-state index contributed by atoms with van der Waals surface area (Å²) in [5, 5.41) is 22.6. The van der Waals surface area contributed by atoms with E-state index in [4.69, 9.17) is 5.11 Å². The van der Waals surface area contributed by atoms with Crippen LogP contribution in [-0.4, -0.2) is 21.5 Å². The monoisotopic (exact) mass is 268 g/mol. The Balaban J connectivity index is 2.28. The first kappa shape index (κ1) is 13.3. The summed E-state index contributed by atoms with van der Waals surface area (Å²) in [7, 11) is 0. The molecule has 0 atom stereocenters. The van der Waals surface area contributed by atoms with Gasteiger partial charge in [-0.15, -0.1) is 0 Å². The van der Waals surface area contributed by atoms with Crippen LogP contribution in [0, 0.1) is 15.9 Å². The van der Waals surface area contributed by atoms with Gasteiger partial charge in [0, 0.05) is 17.7 Å². The average Bonchev–Trinajstić information content (AvgIpc) is 2.25. The lowest BCUT2D eigenvalue weighted by molar-refractivity contribution is -0.384. The normalized spacial score (nSPS) is 16.5. The molecule has 0 unspecified atom stereocenters. The number of nitrogens with one attached hydrogen (secondary N) is 1. The van der Waals surface area contributed by atoms with E-state index in [9.17, 15) is 19.3 Å². The summed E-state index contributed by atoms with van der Waals surface area (Å²) < 4.78 is 13.2. The largest absolute Gasteiger partial charge is 0.481 e. The number of anilines is 1. The van der Waals surface area contributed by atoms with Gasteiger partial charge in [0.25, 0.3) is 5.69 Å². The third-order valence-corrected chi connectivity index (χ3v) is 3.36. The van der Waals surface area contributed by atoms with Crippen LogP contribution in [0.4, 0.5) is 15.8 Å². The Morgan fingerprint density at radius 3 is 2.68 bits per heavy atom. The predicted molar refractivity (Wildman–Crippen MR) is 65.5 cm³/mol. The Bertz CT molecular complexity index is 528. The maximum Gasteiger partial charge on any atom is 0.305 e. The second-order valence-electron chi connectivity index (χ2n) is 4.75. The lowest BCUT2D eigenvalue weighted by Crippen LogP contribution is -2.46. The lowest BCUT2D eigenvalue weighted by atomic mass is 9.74. The number of halogens is 1. The molecule has 2 rings (SSSR count). The third kappa shape index (κ3) is 2.81. The van der Waals surface area contributed by atoms with Crippen molar-refractivity contribution in [2.75, 3.05) is 5.32 Å². The van der Waals surface area contributed by atoms with E-state index in [1.165, 1.54) is 0 Å². The van der Waals surface area contributed by atoms with Gasteiger partial charge in [-0.25, -0.2) is 4.39 Å². The van der Waals surface area contributed by atoms with Gasteiger partial charge in [-0.1, -0.05) is 0 Å². The fourth-order valence-electron chi connectivity index (χ4n) is 2.29. The van der Waals surface area contributed by atoms with Crippen molar-refractivity contribution in [3.63, 3.8) is 0 Å². The Morgan fingerprint density at radius 1 is 1.53 bits per heavy atom. The Kier molecular flexibility index (Phi) is 3.37. The molecule has 0 aliphatic heterocycles. The van der Waals surface area contributed by atoms with Gasteiger partial charge >= 0.3 is 5.97 Å². The van der Waals surface area contributed by atoms with Gasteiger partial charge in [0.05, 0.1) is 11.3 Å². The number of nitro benzene ring substituents is 1. The molecule has 0 aromatic heterocycles. The van der Waals surface area contributed by atoms with Gasteiger partial charge in [-0.3, -0.25) is 14.9 Å². The summed E-state index contributed by atoms with van der Waals surface area (Å²) in [6, 6.07) is 3.11. The number of aliphatic carboxylic acids is 1. The van der Waals surface area contributed by atoms with Crippen LogP contribution >= 0.6 is 0 Å². The van der Waals surface area contributed by atoms with E-state index < -0.39 is 22.2 Å². The SMILES string of the molecule is O=C(O)CC1(Nc2cc(F)ccc2[N+](=O)[O-])CCC1. The van der Waals surface area contributed by atoms with Crippen molar-refractivity contribution in [1.29, 1.82) is 0 Å². The maximum absolute atomic E-state index is 13.2. The first-order valence-electron chi connectivity index (χ1n) is 5.86. The predicted octanol–water partition coefficient (Wildman–Crippen LogP) is 2.54. The molecule has 1 aliphatic rings. The summed E-state index contributed by atoms with van der Waals surface area (Å²) in [5.74, 6) is -1.58. The topological polar surface area (TPSA) is 92.5 Å². The molecule has 0 saturated heterocycles. The quantitative estimate of drug-likeness (QED) is 0.632. The number of carboxylic acid groups (broad SMARTS) is 1. The fraction of sp³-hybridized carbons (Fsp3) is 0.417. The van der Waals surface area contributed by atoms with E-state index in [-0.39, 0.29) is 17.8 Å². The number of carbonyl (C=O) groups is 1. The van der Waals surface area contributed by atoms with Crippen LogP contribution in [0.5, 0.6) is 0 Å². The van der Waals surface area contributed by atoms with Gasteiger partial charge in [0.2, 0.25) is 0 Å². The fourth-order valence-corrected chi connectivity index (χ4v) is 2.29. The van der Waals surface area contributed by atoms with Crippen molar-refractivity contribution in [3.05, 3.63) is 34.1 Å². The van der Waals surface area contributed by atoms with Crippen molar-refractivity contribution in [3.8, 4) is 0 Å². The summed E-state index contributed by atoms with van der Waals surface area (Å²) in [4.78, 5) is 21.1. The number of hydrogen-bond acceptors (Lipinski definition) is 4. The highest BCUT2D eigenvalue weighted by molar-refractivity contribution is 5.71. The second kappa shape index (κ2) is 4.83. The third-order valence-electron chi connectivity index (χ3n) is 3.36. The molecule has 19 heavy (non-hydrogen) atoms. The zero-order valence-corrected chi connectivity index (χ0v) is 10.1. The number of hydrogen-bond donors (Lipinski definition) is 2. The Labute approximate surface area is 108 Å². The van der Waals surface area contributed by atoms with Gasteiger partial charge < -0.3 is 10.4 Å². The lowest BCUT2D eigenvalue weighted by Gasteiger charge is -2.42. The van der Waals surface area contributed by atoms with Crippen LogP contribution in [-0.2, 0) is 4.79 Å². The first-order valence-corrected chi connectivity index (χ1v) is 5.86. The van der Waals surface area contributed by atoms with E-state index >= 15 is 0 Å². The van der Waals surface area contributed by atoms with E-state index in [1.54, 1.807) is 0 Å². The smallest absolute Gasteiger partial charge is 0.305 e. The van der Waals surface area contributed by atoms with E-state index in [0.717, 1.165) is 24.6 Å². The molecule has 1 saturated carbocycles. The zero-order valence-electron chi connectivity index (χ0n) is 10.1. The molecule has 0 bridgehead atoms. The zero-order chi connectivity index (χ0) is 14.0. The Morgan fingerprint density at radius 2 is 2.21 bits per heavy atom. The van der Waals surface area contributed by atoms with Crippen LogP contribution in [0.3, 0.4) is 0 Å². The molecule has 6 nitrogen and oxygen atoms in total. The van der Waals surface area contributed by atoms with E-state index in [1.807, 2.05) is 0 Å². The van der Waals surface area contributed by atoms with Crippen molar-refractivity contribution in [1.82, 2.24) is 0 Å². The molecule has 1 aromatic rings. The number of benzene rings is 1.